The van der Waals surface area contributed by atoms with Crippen LogP contribution >= 0.6 is 56.5 Å². The van der Waals surface area contributed by atoms with E-state index in [4.69, 9.17) is 9.97 Å². The van der Waals surface area contributed by atoms with Crippen molar-refractivity contribution < 1.29 is 0 Å². The van der Waals surface area contributed by atoms with Crippen molar-refractivity contribution in [1.29, 1.82) is 0 Å². The molecule has 2 aromatic heterocycles. The van der Waals surface area contributed by atoms with Crippen molar-refractivity contribution in [3.8, 4) is 0 Å². The Labute approximate surface area is 247 Å². The van der Waals surface area contributed by atoms with Gasteiger partial charge in [0.15, 0.2) is 0 Å². The molecule has 0 N–H and O–H groups in total. The predicted octanol–water partition coefficient (Wildman–Crippen LogP) is 11.8. The number of hydrogen-bond donors (Lipinski definition) is 0. The van der Waals surface area contributed by atoms with Gasteiger partial charge in [-0.05, 0) is 70.9 Å². The summed E-state index contributed by atoms with van der Waals surface area (Å²) in [5.41, 5.74) is 4.88. The summed E-state index contributed by atoms with van der Waals surface area (Å²) in [6, 6.07) is 0. The van der Waals surface area contributed by atoms with Crippen LogP contribution in [0, 0.1) is 5.77 Å². The van der Waals surface area contributed by atoms with Crippen LogP contribution in [0.2, 0.25) is 0 Å². The summed E-state index contributed by atoms with van der Waals surface area (Å²) < 4.78 is 2.59. The molecule has 0 aromatic carbocycles. The molecule has 35 heavy (non-hydrogen) atoms. The van der Waals surface area contributed by atoms with Crippen molar-refractivity contribution in [3.63, 3.8) is 0 Å². The summed E-state index contributed by atoms with van der Waals surface area (Å²) in [6.45, 7) is 4.59. The second-order valence-corrected chi connectivity index (χ2v) is 15.0. The van der Waals surface area contributed by atoms with E-state index in [1.54, 1.807) is 0 Å². The molecule has 0 unspecified atom stereocenters. The van der Waals surface area contributed by atoms with Crippen molar-refractivity contribution in [2.45, 2.75) is 155 Å². The quantitative estimate of drug-likeness (QED) is 0.0893. The second kappa shape index (κ2) is 20.5. The van der Waals surface area contributed by atoms with Gasteiger partial charge in [0.25, 0.3) is 0 Å². The Bertz CT molecular complexity index is 741. The SMILES string of the molecule is CCCCCCCCCCCCc1nc2c(I)sc(I)c2nc1CCCCCCCCCCCC. The highest BCUT2D eigenvalue weighted by molar-refractivity contribution is 14.1. The summed E-state index contributed by atoms with van der Waals surface area (Å²) in [5, 5.41) is 0. The maximum absolute atomic E-state index is 5.17. The minimum Gasteiger partial charge on any atom is -0.247 e. The van der Waals surface area contributed by atoms with Crippen LogP contribution in [0.3, 0.4) is 0 Å². The predicted molar refractivity (Wildman–Crippen MR) is 174 cm³/mol. The molecule has 0 atom stereocenters. The van der Waals surface area contributed by atoms with E-state index in [0.29, 0.717) is 0 Å². The van der Waals surface area contributed by atoms with Gasteiger partial charge in [0.2, 0.25) is 0 Å². The van der Waals surface area contributed by atoms with Crippen LogP contribution in [0.4, 0.5) is 0 Å². The monoisotopic (exact) mass is 724 g/mol. The third-order valence-corrected chi connectivity index (χ3v) is 10.2. The standard InChI is InChI=1S/C30H50I2N2S/c1-3-5-7-9-11-13-15-17-19-21-23-25-26(34-28-27(33-25)29(31)35-30(28)32)24-22-20-18-16-14-12-10-8-6-4-2/h3-24H2,1-2H3. The second-order valence-electron chi connectivity index (χ2n) is 10.3. The Kier molecular flexibility index (Phi) is 18.5. The summed E-state index contributed by atoms with van der Waals surface area (Å²) in [7, 11) is 0. The molecular formula is C30H50I2N2S. The fraction of sp³-hybridized carbons (Fsp3) is 0.800. The molecule has 5 heteroatoms. The maximum Gasteiger partial charge on any atom is 0.114 e. The third kappa shape index (κ3) is 13.2. The van der Waals surface area contributed by atoms with Crippen molar-refractivity contribution in [2.75, 3.05) is 0 Å². The molecule has 0 aliphatic carbocycles. The van der Waals surface area contributed by atoms with Crippen LogP contribution in [0.25, 0.3) is 11.0 Å². The topological polar surface area (TPSA) is 25.8 Å². The van der Waals surface area contributed by atoms with E-state index in [-0.39, 0.29) is 0 Å². The van der Waals surface area contributed by atoms with Gasteiger partial charge in [-0.3, -0.25) is 0 Å². The summed E-state index contributed by atoms with van der Waals surface area (Å²) in [5.74, 6) is 0. The van der Waals surface area contributed by atoms with Gasteiger partial charge < -0.3 is 0 Å². The summed E-state index contributed by atoms with van der Waals surface area (Å²) in [6.07, 6.45) is 29.9. The van der Waals surface area contributed by atoms with E-state index in [1.807, 2.05) is 11.3 Å². The molecule has 0 aliphatic heterocycles. The zero-order chi connectivity index (χ0) is 25.1. The molecule has 0 saturated heterocycles. The highest BCUT2D eigenvalue weighted by Gasteiger charge is 2.15. The highest BCUT2D eigenvalue weighted by atomic mass is 127. The molecular weight excluding hydrogens is 674 g/mol. The van der Waals surface area contributed by atoms with E-state index in [0.717, 1.165) is 23.9 Å². The molecule has 0 amide bonds. The number of rotatable bonds is 22. The lowest BCUT2D eigenvalue weighted by Crippen LogP contribution is -2.03. The lowest BCUT2D eigenvalue weighted by atomic mass is 10.0. The number of halogens is 2. The Morgan fingerprint density at radius 2 is 0.743 bits per heavy atom. The molecule has 2 heterocycles. The van der Waals surface area contributed by atoms with Crippen molar-refractivity contribution in [2.24, 2.45) is 0 Å². The molecule has 2 nitrogen and oxygen atoms in total. The van der Waals surface area contributed by atoms with Gasteiger partial charge >= 0.3 is 0 Å². The fourth-order valence-electron chi connectivity index (χ4n) is 4.91. The number of unbranched alkanes of at least 4 members (excludes halogenated alkanes) is 18. The van der Waals surface area contributed by atoms with Gasteiger partial charge in [0, 0.05) is 0 Å². The maximum atomic E-state index is 5.17. The Balaban J connectivity index is 1.74. The first kappa shape index (κ1) is 31.7. The first-order valence-corrected chi connectivity index (χ1v) is 17.8. The molecule has 2 rings (SSSR count). The molecule has 0 fully saturated rings. The van der Waals surface area contributed by atoms with E-state index in [9.17, 15) is 0 Å². The zero-order valence-corrected chi connectivity index (χ0v) is 27.7. The largest absolute Gasteiger partial charge is 0.247 e. The van der Waals surface area contributed by atoms with Gasteiger partial charge in [0.05, 0.1) is 17.2 Å². The Morgan fingerprint density at radius 3 is 1.06 bits per heavy atom. The van der Waals surface area contributed by atoms with E-state index < -0.39 is 0 Å². The van der Waals surface area contributed by atoms with Gasteiger partial charge in [-0.1, -0.05) is 129 Å². The smallest absolute Gasteiger partial charge is 0.114 e. The number of aromatic nitrogens is 2. The van der Waals surface area contributed by atoms with Crippen molar-refractivity contribution in [3.05, 3.63) is 17.2 Å². The molecule has 200 valence electrons. The Morgan fingerprint density at radius 1 is 0.457 bits per heavy atom. The first-order chi connectivity index (χ1) is 17.2. The summed E-state index contributed by atoms with van der Waals surface area (Å²) >= 11 is 6.73. The van der Waals surface area contributed by atoms with E-state index in [2.05, 4.69) is 59.0 Å². The Hall–Kier alpha value is 0.500. The van der Waals surface area contributed by atoms with Crippen LogP contribution in [-0.2, 0) is 12.8 Å². The van der Waals surface area contributed by atoms with Crippen LogP contribution in [0.15, 0.2) is 0 Å². The first-order valence-electron chi connectivity index (χ1n) is 14.8. The van der Waals surface area contributed by atoms with Gasteiger partial charge in [0.1, 0.15) is 11.0 Å². The van der Waals surface area contributed by atoms with E-state index in [1.165, 1.54) is 146 Å². The van der Waals surface area contributed by atoms with Gasteiger partial charge in [-0.15, -0.1) is 11.3 Å². The minimum absolute atomic E-state index is 1.11. The van der Waals surface area contributed by atoms with Crippen LogP contribution < -0.4 is 0 Å². The third-order valence-electron chi connectivity index (χ3n) is 7.14. The van der Waals surface area contributed by atoms with Gasteiger partial charge in [-0.25, -0.2) is 9.97 Å². The zero-order valence-electron chi connectivity index (χ0n) is 22.6. The summed E-state index contributed by atoms with van der Waals surface area (Å²) in [4.78, 5) is 10.3. The van der Waals surface area contributed by atoms with Crippen LogP contribution in [0.1, 0.15) is 154 Å². The van der Waals surface area contributed by atoms with E-state index >= 15 is 0 Å². The number of thiophene rings is 1. The molecule has 0 saturated carbocycles. The van der Waals surface area contributed by atoms with Crippen LogP contribution in [0.5, 0.6) is 0 Å². The molecule has 0 aliphatic rings. The molecule has 0 spiro atoms. The highest BCUT2D eigenvalue weighted by Crippen LogP contribution is 2.32. The lowest BCUT2D eigenvalue weighted by molar-refractivity contribution is 0.551. The number of aryl methyl sites for hydroxylation is 2. The van der Waals surface area contributed by atoms with Gasteiger partial charge in [-0.2, -0.15) is 0 Å². The lowest BCUT2D eigenvalue weighted by Gasteiger charge is -2.10. The number of nitrogens with zero attached hydrogens (tertiary/aromatic N) is 2. The normalized spacial score (nSPS) is 11.7. The molecule has 0 bridgehead atoms. The average Bonchev–Trinajstić information content (AvgIpc) is 3.13. The molecule has 0 radical (unpaired) electrons. The average molecular weight is 725 g/mol. The van der Waals surface area contributed by atoms with Crippen molar-refractivity contribution >= 4 is 67.6 Å². The van der Waals surface area contributed by atoms with Crippen molar-refractivity contribution in [1.82, 2.24) is 9.97 Å². The number of fused-ring (bicyclic) bond motifs is 1. The van der Waals surface area contributed by atoms with Crippen LogP contribution in [-0.4, -0.2) is 9.97 Å². The fourth-order valence-corrected chi connectivity index (χ4v) is 8.89. The molecule has 2 aromatic rings. The number of hydrogen-bond acceptors (Lipinski definition) is 3. The minimum atomic E-state index is 1.11.